The number of allylic oxidation sites excluding steroid dienone is 4. The highest BCUT2D eigenvalue weighted by molar-refractivity contribution is 6.21. The van der Waals surface area contributed by atoms with Crippen molar-refractivity contribution in [2.45, 2.75) is 12.4 Å². The number of carbonyl (C=O) groups excluding carboxylic acids is 2. The highest BCUT2D eigenvalue weighted by atomic mass is 19.4. The van der Waals surface area contributed by atoms with Gasteiger partial charge in [0.1, 0.15) is 11.1 Å². The molecule has 0 aromatic carbocycles. The molecule has 0 radical (unpaired) electrons. The molecular formula is C8H2F6O2. The van der Waals surface area contributed by atoms with Gasteiger partial charge in [-0.3, -0.25) is 9.59 Å². The van der Waals surface area contributed by atoms with Gasteiger partial charge in [0.15, 0.2) is 11.6 Å². The Bertz CT molecular complexity index is 371. The molecule has 0 heterocycles. The SMILES string of the molecule is O=C1C=CC(=O)C(C(F)(F)F)=C1C(F)(F)F. The van der Waals surface area contributed by atoms with Crippen LogP contribution in [0.4, 0.5) is 26.3 Å². The normalized spacial score (nSPS) is 18.4. The lowest BCUT2D eigenvalue weighted by atomic mass is 9.94. The lowest BCUT2D eigenvalue weighted by Crippen LogP contribution is -2.32. The fourth-order valence-electron chi connectivity index (χ4n) is 1.13. The van der Waals surface area contributed by atoms with Crippen molar-refractivity contribution in [2.24, 2.45) is 0 Å². The van der Waals surface area contributed by atoms with E-state index >= 15 is 0 Å². The van der Waals surface area contributed by atoms with E-state index in [4.69, 9.17) is 0 Å². The van der Waals surface area contributed by atoms with Crippen molar-refractivity contribution in [3.63, 3.8) is 0 Å². The zero-order chi connectivity index (χ0) is 12.7. The molecule has 1 aliphatic rings. The predicted molar refractivity (Wildman–Crippen MR) is 38.3 cm³/mol. The third-order valence-corrected chi connectivity index (χ3v) is 1.70. The molecule has 1 aliphatic carbocycles. The maximum Gasteiger partial charge on any atom is 0.420 e. The summed E-state index contributed by atoms with van der Waals surface area (Å²) in [4.78, 5) is 21.5. The standard InChI is InChI=1S/C8H2F6O2/c9-7(10,11)5-3(15)1-2-4(16)6(5)8(12,13)14/h1-2H. The van der Waals surface area contributed by atoms with Gasteiger partial charge >= 0.3 is 12.4 Å². The molecule has 0 saturated heterocycles. The Morgan fingerprint density at radius 3 is 1.12 bits per heavy atom. The van der Waals surface area contributed by atoms with Gasteiger partial charge in [-0.05, 0) is 12.2 Å². The molecule has 1 rings (SSSR count). The van der Waals surface area contributed by atoms with Crippen molar-refractivity contribution in [1.82, 2.24) is 0 Å². The van der Waals surface area contributed by atoms with Crippen molar-refractivity contribution in [3.05, 3.63) is 23.3 Å². The summed E-state index contributed by atoms with van der Waals surface area (Å²) in [5.41, 5.74) is -4.93. The summed E-state index contributed by atoms with van der Waals surface area (Å²) in [6.45, 7) is 0. The van der Waals surface area contributed by atoms with E-state index in [0.29, 0.717) is 0 Å². The number of carbonyl (C=O) groups is 2. The molecule has 0 aromatic rings. The van der Waals surface area contributed by atoms with Crippen molar-refractivity contribution >= 4 is 11.6 Å². The number of rotatable bonds is 0. The van der Waals surface area contributed by atoms with Gasteiger partial charge in [-0.1, -0.05) is 0 Å². The van der Waals surface area contributed by atoms with Crippen molar-refractivity contribution < 1.29 is 35.9 Å². The molecule has 0 bridgehead atoms. The van der Waals surface area contributed by atoms with Crippen molar-refractivity contribution in [1.29, 1.82) is 0 Å². The first-order valence-corrected chi connectivity index (χ1v) is 3.70. The summed E-state index contributed by atoms with van der Waals surface area (Å²) in [6, 6.07) is 0. The Morgan fingerprint density at radius 1 is 0.688 bits per heavy atom. The molecule has 8 heteroatoms. The van der Waals surface area contributed by atoms with Crippen molar-refractivity contribution in [2.75, 3.05) is 0 Å². The molecule has 2 nitrogen and oxygen atoms in total. The maximum absolute atomic E-state index is 12.2. The summed E-state index contributed by atoms with van der Waals surface area (Å²) >= 11 is 0. The molecule has 0 fully saturated rings. The Morgan fingerprint density at radius 2 is 0.938 bits per heavy atom. The summed E-state index contributed by atoms with van der Waals surface area (Å²) in [5.74, 6) is -3.75. The lowest BCUT2D eigenvalue weighted by Gasteiger charge is -2.18. The molecule has 88 valence electrons. The number of hydrogen-bond acceptors (Lipinski definition) is 2. The molecule has 0 aromatic heterocycles. The van der Waals surface area contributed by atoms with Crippen LogP contribution in [0, 0.1) is 0 Å². The van der Waals surface area contributed by atoms with Gasteiger partial charge in [0.2, 0.25) is 0 Å². The van der Waals surface area contributed by atoms with Crippen LogP contribution >= 0.6 is 0 Å². The van der Waals surface area contributed by atoms with Crippen LogP contribution in [0.5, 0.6) is 0 Å². The summed E-state index contributed by atoms with van der Waals surface area (Å²) in [7, 11) is 0. The molecule has 0 atom stereocenters. The smallest absolute Gasteiger partial charge is 0.289 e. The van der Waals surface area contributed by atoms with E-state index in [0.717, 1.165) is 0 Å². The first kappa shape index (κ1) is 12.5. The van der Waals surface area contributed by atoms with Crippen LogP contribution < -0.4 is 0 Å². The number of ketones is 2. The van der Waals surface area contributed by atoms with Gasteiger partial charge in [-0.2, -0.15) is 26.3 Å². The fraction of sp³-hybridized carbons (Fsp3) is 0.250. The molecule has 0 unspecified atom stereocenters. The quantitative estimate of drug-likeness (QED) is 0.483. The van der Waals surface area contributed by atoms with Crippen LogP contribution in [0.25, 0.3) is 0 Å². The lowest BCUT2D eigenvalue weighted by molar-refractivity contribution is -0.140. The second kappa shape index (κ2) is 3.46. The maximum atomic E-state index is 12.2. The number of halogens is 6. The zero-order valence-corrected chi connectivity index (χ0v) is 7.24. The van der Waals surface area contributed by atoms with Crippen LogP contribution in [0.2, 0.25) is 0 Å². The highest BCUT2D eigenvalue weighted by Crippen LogP contribution is 2.39. The van der Waals surface area contributed by atoms with Crippen LogP contribution in [0.1, 0.15) is 0 Å². The van der Waals surface area contributed by atoms with E-state index in [1.54, 1.807) is 0 Å². The van der Waals surface area contributed by atoms with Gasteiger partial charge in [0, 0.05) is 0 Å². The Labute approximate surface area is 84.2 Å². The van der Waals surface area contributed by atoms with Gasteiger partial charge < -0.3 is 0 Å². The second-order valence-corrected chi connectivity index (χ2v) is 2.81. The highest BCUT2D eigenvalue weighted by Gasteiger charge is 2.51. The topological polar surface area (TPSA) is 34.1 Å². The minimum atomic E-state index is -5.51. The van der Waals surface area contributed by atoms with Gasteiger partial charge in [-0.15, -0.1) is 0 Å². The first-order chi connectivity index (χ1) is 7.05. The van der Waals surface area contributed by atoms with Gasteiger partial charge in [-0.25, -0.2) is 0 Å². The van der Waals surface area contributed by atoms with E-state index in [1.807, 2.05) is 0 Å². The van der Waals surface area contributed by atoms with E-state index in [-0.39, 0.29) is 12.2 Å². The van der Waals surface area contributed by atoms with Crippen LogP contribution in [-0.4, -0.2) is 23.9 Å². The Hall–Kier alpha value is -1.60. The zero-order valence-electron chi connectivity index (χ0n) is 7.24. The molecule has 0 saturated carbocycles. The minimum Gasteiger partial charge on any atom is -0.289 e. The fourth-order valence-corrected chi connectivity index (χ4v) is 1.13. The first-order valence-electron chi connectivity index (χ1n) is 3.70. The van der Waals surface area contributed by atoms with Gasteiger partial charge in [0.05, 0.1) is 0 Å². The monoisotopic (exact) mass is 244 g/mol. The van der Waals surface area contributed by atoms with E-state index in [9.17, 15) is 35.9 Å². The Balaban J connectivity index is 3.51. The number of hydrogen-bond donors (Lipinski definition) is 0. The van der Waals surface area contributed by atoms with Crippen LogP contribution in [0.3, 0.4) is 0 Å². The second-order valence-electron chi connectivity index (χ2n) is 2.81. The van der Waals surface area contributed by atoms with Crippen LogP contribution in [0.15, 0.2) is 23.3 Å². The van der Waals surface area contributed by atoms with E-state index in [2.05, 4.69) is 0 Å². The minimum absolute atomic E-state index is 0.167. The molecule has 0 aliphatic heterocycles. The molecule has 0 spiro atoms. The van der Waals surface area contributed by atoms with E-state index < -0.39 is 35.1 Å². The summed E-state index contributed by atoms with van der Waals surface area (Å²) < 4.78 is 73.1. The average Bonchev–Trinajstić information content (AvgIpc) is 2.04. The number of alkyl halides is 6. The molecule has 0 N–H and O–H groups in total. The summed E-state index contributed by atoms with van der Waals surface area (Å²) in [6.07, 6.45) is -10.7. The molecule has 16 heavy (non-hydrogen) atoms. The van der Waals surface area contributed by atoms with E-state index in [1.165, 1.54) is 0 Å². The van der Waals surface area contributed by atoms with Crippen LogP contribution in [-0.2, 0) is 9.59 Å². The summed E-state index contributed by atoms with van der Waals surface area (Å²) in [5, 5.41) is 0. The molecular weight excluding hydrogens is 242 g/mol. The predicted octanol–water partition coefficient (Wildman–Crippen LogP) is 2.12. The average molecular weight is 244 g/mol. The third-order valence-electron chi connectivity index (χ3n) is 1.70. The van der Waals surface area contributed by atoms with Gasteiger partial charge in [0.25, 0.3) is 0 Å². The van der Waals surface area contributed by atoms with Crippen molar-refractivity contribution in [3.8, 4) is 0 Å². The molecule has 0 amide bonds. The largest absolute Gasteiger partial charge is 0.420 e. The Kier molecular flexibility index (Phi) is 2.70. The third kappa shape index (κ3) is 2.15.